The van der Waals surface area contributed by atoms with E-state index in [2.05, 4.69) is 32.6 Å². The quantitative estimate of drug-likeness (QED) is 0.571. The second-order valence-electron chi connectivity index (χ2n) is 7.78. The fraction of sp³-hybridized carbons (Fsp3) is 0.700. The molecule has 1 saturated heterocycles. The minimum Gasteiger partial charge on any atom is -0.304 e. The zero-order valence-corrected chi connectivity index (χ0v) is 19.1. The minimum absolute atomic E-state index is 0.0615. The van der Waals surface area contributed by atoms with Gasteiger partial charge in [0, 0.05) is 12.6 Å². The van der Waals surface area contributed by atoms with Gasteiger partial charge in [-0.25, -0.2) is 16.8 Å². The molecule has 8 heteroatoms. The Labute approximate surface area is 170 Å². The van der Waals surface area contributed by atoms with Crippen molar-refractivity contribution < 1.29 is 16.8 Å². The van der Waals surface area contributed by atoms with Crippen LogP contribution in [0, 0.1) is 0 Å². The van der Waals surface area contributed by atoms with Gasteiger partial charge in [-0.1, -0.05) is 39.8 Å². The van der Waals surface area contributed by atoms with Gasteiger partial charge in [-0.3, -0.25) is 0 Å². The van der Waals surface area contributed by atoms with Crippen molar-refractivity contribution in [1.82, 2.24) is 9.21 Å². The molecule has 1 fully saturated rings. The van der Waals surface area contributed by atoms with Gasteiger partial charge in [0.05, 0.1) is 16.4 Å². The monoisotopic (exact) mass is 430 g/mol. The Kier molecular flexibility index (Phi) is 8.07. The van der Waals surface area contributed by atoms with Gasteiger partial charge in [-0.05, 0) is 56.1 Å². The molecule has 1 aromatic carbocycles. The van der Waals surface area contributed by atoms with E-state index in [1.165, 1.54) is 4.31 Å². The molecule has 28 heavy (non-hydrogen) atoms. The van der Waals surface area contributed by atoms with Gasteiger partial charge in [0.1, 0.15) is 0 Å². The van der Waals surface area contributed by atoms with Crippen LogP contribution < -0.4 is 0 Å². The van der Waals surface area contributed by atoms with Crippen molar-refractivity contribution in [2.45, 2.75) is 57.4 Å². The summed E-state index contributed by atoms with van der Waals surface area (Å²) in [6.45, 7) is 11.2. The van der Waals surface area contributed by atoms with Gasteiger partial charge < -0.3 is 4.90 Å². The first kappa shape index (κ1) is 23.3. The number of sulfone groups is 1. The van der Waals surface area contributed by atoms with Crippen LogP contribution in [0.25, 0.3) is 0 Å². The van der Waals surface area contributed by atoms with E-state index in [4.69, 9.17) is 0 Å². The molecule has 1 atom stereocenters. The van der Waals surface area contributed by atoms with Crippen molar-refractivity contribution in [3.05, 3.63) is 29.8 Å². The summed E-state index contributed by atoms with van der Waals surface area (Å²) in [6, 6.07) is 6.50. The minimum atomic E-state index is -3.74. The van der Waals surface area contributed by atoms with Crippen LogP contribution in [-0.4, -0.2) is 69.8 Å². The smallest absolute Gasteiger partial charge is 0.243 e. The van der Waals surface area contributed by atoms with Crippen molar-refractivity contribution in [2.75, 3.05) is 37.7 Å². The Morgan fingerprint density at radius 3 is 2.14 bits per heavy atom. The van der Waals surface area contributed by atoms with Crippen molar-refractivity contribution >= 4 is 19.9 Å². The lowest BCUT2D eigenvalue weighted by molar-refractivity contribution is 0.269. The van der Waals surface area contributed by atoms with Gasteiger partial charge in [0.25, 0.3) is 0 Å². The molecule has 0 spiro atoms. The average molecular weight is 431 g/mol. The third-order valence-electron chi connectivity index (χ3n) is 5.52. The SMILES string of the molecule is CCN(CC)CCCN([C@@H]1CCS(=O)(=O)C1)S(=O)(=O)c1ccc(C(C)C)cc1. The Morgan fingerprint density at radius 1 is 1.07 bits per heavy atom. The molecular weight excluding hydrogens is 396 g/mol. The van der Waals surface area contributed by atoms with E-state index in [0.29, 0.717) is 25.3 Å². The number of sulfonamides is 1. The van der Waals surface area contributed by atoms with E-state index in [9.17, 15) is 16.8 Å². The number of hydrogen-bond donors (Lipinski definition) is 0. The summed E-state index contributed by atoms with van der Waals surface area (Å²) >= 11 is 0. The maximum absolute atomic E-state index is 13.3. The maximum Gasteiger partial charge on any atom is 0.243 e. The Morgan fingerprint density at radius 2 is 1.68 bits per heavy atom. The molecule has 1 aliphatic heterocycles. The molecule has 0 amide bonds. The number of benzene rings is 1. The Bertz CT molecular complexity index is 829. The number of hydrogen-bond acceptors (Lipinski definition) is 5. The van der Waals surface area contributed by atoms with Crippen molar-refractivity contribution in [2.24, 2.45) is 0 Å². The molecule has 0 bridgehead atoms. The van der Waals surface area contributed by atoms with Crippen LogP contribution >= 0.6 is 0 Å². The first-order valence-corrected chi connectivity index (χ1v) is 13.4. The van der Waals surface area contributed by atoms with Gasteiger partial charge >= 0.3 is 0 Å². The summed E-state index contributed by atoms with van der Waals surface area (Å²) in [5.74, 6) is 0.301. The lowest BCUT2D eigenvalue weighted by Crippen LogP contribution is -2.42. The van der Waals surface area contributed by atoms with Crippen molar-refractivity contribution in [3.63, 3.8) is 0 Å². The molecule has 0 unspecified atom stereocenters. The Hall–Kier alpha value is -0.960. The molecule has 1 aromatic rings. The summed E-state index contributed by atoms with van der Waals surface area (Å²) in [5.41, 5.74) is 1.08. The summed E-state index contributed by atoms with van der Waals surface area (Å²) in [5, 5.41) is 0. The summed E-state index contributed by atoms with van der Waals surface area (Å²) in [7, 11) is -6.91. The third-order valence-corrected chi connectivity index (χ3v) is 9.23. The molecule has 160 valence electrons. The third kappa shape index (κ3) is 5.78. The van der Waals surface area contributed by atoms with E-state index >= 15 is 0 Å². The van der Waals surface area contributed by atoms with Gasteiger partial charge in [0.2, 0.25) is 10.0 Å². The molecule has 0 saturated carbocycles. The molecule has 0 N–H and O–H groups in total. The first-order chi connectivity index (χ1) is 13.1. The van der Waals surface area contributed by atoms with Crippen LogP contribution in [-0.2, 0) is 19.9 Å². The van der Waals surface area contributed by atoms with Gasteiger partial charge in [0.15, 0.2) is 9.84 Å². The molecule has 2 rings (SSSR count). The summed E-state index contributed by atoms with van der Waals surface area (Å²) in [6.07, 6.45) is 1.05. The van der Waals surface area contributed by atoms with Gasteiger partial charge in [-0.15, -0.1) is 0 Å². The zero-order valence-electron chi connectivity index (χ0n) is 17.5. The topological polar surface area (TPSA) is 74.8 Å². The molecule has 6 nitrogen and oxygen atoms in total. The van der Waals surface area contributed by atoms with Crippen LogP contribution in [0.2, 0.25) is 0 Å². The van der Waals surface area contributed by atoms with Crippen LogP contribution in [0.1, 0.15) is 52.0 Å². The van der Waals surface area contributed by atoms with Crippen molar-refractivity contribution in [3.8, 4) is 0 Å². The highest BCUT2D eigenvalue weighted by Crippen LogP contribution is 2.26. The lowest BCUT2D eigenvalue weighted by atomic mass is 10.0. The predicted molar refractivity (Wildman–Crippen MR) is 114 cm³/mol. The molecule has 1 aliphatic rings. The molecule has 1 heterocycles. The number of nitrogens with zero attached hydrogens (tertiary/aromatic N) is 2. The van der Waals surface area contributed by atoms with E-state index in [1.807, 2.05) is 12.1 Å². The standard InChI is InChI=1S/C20H34N2O4S2/c1-5-21(6-2)13-7-14-22(19-12-15-27(23,24)16-19)28(25,26)20-10-8-18(9-11-20)17(3)4/h8-11,17,19H,5-7,12-16H2,1-4H3/t19-/m1/s1. The molecular formula is C20H34N2O4S2. The lowest BCUT2D eigenvalue weighted by Gasteiger charge is -2.28. The fourth-order valence-corrected chi connectivity index (χ4v) is 7.17. The van der Waals surface area contributed by atoms with Crippen molar-refractivity contribution in [1.29, 1.82) is 0 Å². The van der Waals surface area contributed by atoms with Gasteiger partial charge in [-0.2, -0.15) is 4.31 Å². The highest BCUT2D eigenvalue weighted by Gasteiger charge is 2.38. The maximum atomic E-state index is 13.3. The fourth-order valence-electron chi connectivity index (χ4n) is 3.65. The molecule has 0 aromatic heterocycles. The molecule has 0 radical (unpaired) electrons. The van der Waals surface area contributed by atoms with Crippen LogP contribution in [0.4, 0.5) is 0 Å². The van der Waals surface area contributed by atoms with E-state index in [1.54, 1.807) is 12.1 Å². The number of rotatable bonds is 10. The average Bonchev–Trinajstić information content (AvgIpc) is 3.01. The van der Waals surface area contributed by atoms with Crippen LogP contribution in [0.3, 0.4) is 0 Å². The summed E-state index contributed by atoms with van der Waals surface area (Å²) < 4.78 is 52.1. The second kappa shape index (κ2) is 9.69. The van der Waals surface area contributed by atoms with Crippen LogP contribution in [0.5, 0.6) is 0 Å². The van der Waals surface area contributed by atoms with E-state index in [0.717, 1.165) is 25.2 Å². The second-order valence-corrected chi connectivity index (χ2v) is 11.9. The van der Waals surface area contributed by atoms with Crippen LogP contribution in [0.15, 0.2) is 29.2 Å². The van der Waals surface area contributed by atoms with E-state index < -0.39 is 25.9 Å². The largest absolute Gasteiger partial charge is 0.304 e. The normalized spacial score (nSPS) is 19.8. The summed E-state index contributed by atoms with van der Waals surface area (Å²) in [4.78, 5) is 2.48. The van der Waals surface area contributed by atoms with E-state index in [-0.39, 0.29) is 16.4 Å². The molecule has 0 aliphatic carbocycles. The highest BCUT2D eigenvalue weighted by atomic mass is 32.2. The Balaban J connectivity index is 2.25. The predicted octanol–water partition coefficient (Wildman–Crippen LogP) is 2.72. The zero-order chi connectivity index (χ0) is 20.9. The first-order valence-electron chi connectivity index (χ1n) is 10.1. The highest BCUT2D eigenvalue weighted by molar-refractivity contribution is 7.92.